The summed E-state index contributed by atoms with van der Waals surface area (Å²) in [6.07, 6.45) is 2.40. The van der Waals surface area contributed by atoms with E-state index in [0.29, 0.717) is 15.7 Å². The number of amides is 1. The molecule has 0 fully saturated rings. The Morgan fingerprint density at radius 2 is 2.00 bits per heavy atom. The van der Waals surface area contributed by atoms with E-state index in [1.54, 1.807) is 25.1 Å². The number of methoxy groups -OCH3 is 1. The second kappa shape index (κ2) is 9.27. The number of carbonyl (C=O) groups excluding carboxylic acids is 1. The molecule has 156 valence electrons. The monoisotopic (exact) mass is 483 g/mol. The van der Waals surface area contributed by atoms with Gasteiger partial charge in [0.2, 0.25) is 10.0 Å². The Hall–Kier alpha value is -2.59. The average Bonchev–Trinajstić information content (AvgIpc) is 2.62. The van der Waals surface area contributed by atoms with Gasteiger partial charge in [-0.3, -0.25) is 9.10 Å². The van der Waals surface area contributed by atoms with E-state index in [2.05, 4.69) is 26.5 Å². The molecule has 0 bridgehead atoms. The molecule has 0 radical (unpaired) electrons. The molecule has 0 aromatic heterocycles. The van der Waals surface area contributed by atoms with Crippen molar-refractivity contribution < 1.29 is 23.1 Å². The second-order valence-electron chi connectivity index (χ2n) is 6.41. The Bertz CT molecular complexity index is 1050. The lowest BCUT2D eigenvalue weighted by Crippen LogP contribution is -2.39. The number of carbonyl (C=O) groups is 1. The highest BCUT2D eigenvalue weighted by Crippen LogP contribution is 2.34. The average molecular weight is 484 g/mol. The van der Waals surface area contributed by atoms with E-state index >= 15 is 0 Å². The van der Waals surface area contributed by atoms with Gasteiger partial charge in [0.25, 0.3) is 5.91 Å². The van der Waals surface area contributed by atoms with Gasteiger partial charge in [-0.1, -0.05) is 17.7 Å². The van der Waals surface area contributed by atoms with Gasteiger partial charge in [-0.2, -0.15) is 5.10 Å². The molecule has 0 aliphatic heterocycles. The summed E-state index contributed by atoms with van der Waals surface area (Å²) in [4.78, 5) is 12.3. The number of anilines is 1. The summed E-state index contributed by atoms with van der Waals surface area (Å²) in [5.41, 5.74) is 5.04. The maximum Gasteiger partial charge on any atom is 0.260 e. The number of ether oxygens (including phenoxy) is 1. The molecule has 2 N–H and O–H groups in total. The SMILES string of the molecule is COc1cc(/C=N\NC(=O)CN(c2ccc(C)cc2C)S(C)(=O)=O)cc(Br)c1O. The van der Waals surface area contributed by atoms with E-state index in [1.165, 1.54) is 19.4 Å². The molecule has 0 heterocycles. The van der Waals surface area contributed by atoms with Crippen molar-refractivity contribution in [2.24, 2.45) is 5.10 Å². The molecular formula is C19H22BrN3O5S. The summed E-state index contributed by atoms with van der Waals surface area (Å²) < 4.78 is 30.9. The summed E-state index contributed by atoms with van der Waals surface area (Å²) in [7, 11) is -2.26. The minimum absolute atomic E-state index is 0.0500. The Kier molecular flexibility index (Phi) is 7.26. The molecular weight excluding hydrogens is 462 g/mol. The summed E-state index contributed by atoms with van der Waals surface area (Å²) in [6, 6.07) is 8.43. The van der Waals surface area contributed by atoms with Crippen LogP contribution in [0.2, 0.25) is 0 Å². The zero-order valence-electron chi connectivity index (χ0n) is 16.4. The van der Waals surface area contributed by atoms with Crippen molar-refractivity contribution in [3.05, 3.63) is 51.5 Å². The maximum absolute atomic E-state index is 12.3. The highest BCUT2D eigenvalue weighted by molar-refractivity contribution is 9.10. The lowest BCUT2D eigenvalue weighted by molar-refractivity contribution is -0.119. The highest BCUT2D eigenvalue weighted by Gasteiger charge is 2.22. The fourth-order valence-corrected chi connectivity index (χ4v) is 4.01. The van der Waals surface area contributed by atoms with Gasteiger partial charge in [-0.05, 0) is 59.1 Å². The van der Waals surface area contributed by atoms with E-state index in [1.807, 2.05) is 13.0 Å². The fraction of sp³-hybridized carbons (Fsp3) is 0.263. The van der Waals surface area contributed by atoms with Gasteiger partial charge < -0.3 is 9.84 Å². The lowest BCUT2D eigenvalue weighted by atomic mass is 10.1. The van der Waals surface area contributed by atoms with E-state index < -0.39 is 22.5 Å². The van der Waals surface area contributed by atoms with Crippen molar-refractivity contribution in [3.63, 3.8) is 0 Å². The molecule has 0 atom stereocenters. The predicted molar refractivity (Wildman–Crippen MR) is 116 cm³/mol. The standard InChI is InChI=1S/C19H22BrN3O5S/c1-12-5-6-16(13(2)7-12)23(29(4,26)27)11-18(24)22-21-10-14-8-15(20)19(25)17(9-14)28-3/h5-10,25H,11H2,1-4H3,(H,22,24)/b21-10-. The summed E-state index contributed by atoms with van der Waals surface area (Å²) in [5.74, 6) is -0.410. The number of hydrogen-bond donors (Lipinski definition) is 2. The Morgan fingerprint density at radius 1 is 1.31 bits per heavy atom. The maximum atomic E-state index is 12.3. The quantitative estimate of drug-likeness (QED) is 0.464. The molecule has 29 heavy (non-hydrogen) atoms. The number of aromatic hydroxyl groups is 1. The van der Waals surface area contributed by atoms with Gasteiger partial charge in [-0.15, -0.1) is 0 Å². The van der Waals surface area contributed by atoms with Crippen molar-refractivity contribution in [3.8, 4) is 11.5 Å². The van der Waals surface area contributed by atoms with Crippen molar-refractivity contribution in [2.45, 2.75) is 13.8 Å². The minimum Gasteiger partial charge on any atom is -0.503 e. The molecule has 0 aliphatic carbocycles. The topological polar surface area (TPSA) is 108 Å². The molecule has 0 saturated carbocycles. The Morgan fingerprint density at radius 3 is 2.59 bits per heavy atom. The second-order valence-corrected chi connectivity index (χ2v) is 9.17. The number of benzene rings is 2. The first-order chi connectivity index (χ1) is 13.5. The van der Waals surface area contributed by atoms with Crippen LogP contribution in [0.15, 0.2) is 39.9 Å². The number of phenols is 1. The third-order valence-electron chi connectivity index (χ3n) is 3.98. The summed E-state index contributed by atoms with van der Waals surface area (Å²) >= 11 is 3.20. The molecule has 8 nitrogen and oxygen atoms in total. The van der Waals surface area contributed by atoms with Crippen LogP contribution >= 0.6 is 15.9 Å². The predicted octanol–water partition coefficient (Wildman–Crippen LogP) is 2.70. The van der Waals surface area contributed by atoms with Crippen LogP contribution in [0.1, 0.15) is 16.7 Å². The van der Waals surface area contributed by atoms with E-state index in [4.69, 9.17) is 4.74 Å². The van der Waals surface area contributed by atoms with Crippen LogP contribution in [-0.4, -0.2) is 45.6 Å². The first-order valence-electron chi connectivity index (χ1n) is 8.46. The van der Waals surface area contributed by atoms with Crippen LogP contribution < -0.4 is 14.5 Å². The molecule has 0 spiro atoms. The van der Waals surface area contributed by atoms with E-state index in [0.717, 1.165) is 21.7 Å². The highest BCUT2D eigenvalue weighted by atomic mass is 79.9. The van der Waals surface area contributed by atoms with Crippen LogP contribution in [0, 0.1) is 13.8 Å². The van der Waals surface area contributed by atoms with Crippen molar-refractivity contribution >= 4 is 43.8 Å². The minimum atomic E-state index is -3.67. The first-order valence-corrected chi connectivity index (χ1v) is 11.1. The van der Waals surface area contributed by atoms with Gasteiger partial charge in [0.1, 0.15) is 6.54 Å². The number of nitrogens with zero attached hydrogens (tertiary/aromatic N) is 2. The normalized spacial score (nSPS) is 11.5. The van der Waals surface area contributed by atoms with E-state index in [-0.39, 0.29) is 11.5 Å². The Labute approximate surface area is 178 Å². The summed E-state index contributed by atoms with van der Waals surface area (Å²) in [5, 5.41) is 13.7. The van der Waals surface area contributed by atoms with Crippen molar-refractivity contribution in [2.75, 3.05) is 24.2 Å². The third-order valence-corrected chi connectivity index (χ3v) is 5.71. The number of aryl methyl sites for hydroxylation is 2. The van der Waals surface area contributed by atoms with Gasteiger partial charge in [0.05, 0.1) is 29.7 Å². The number of hydrogen-bond acceptors (Lipinski definition) is 6. The number of nitrogens with one attached hydrogen (secondary N) is 1. The largest absolute Gasteiger partial charge is 0.503 e. The van der Waals surface area contributed by atoms with Crippen molar-refractivity contribution in [1.82, 2.24) is 5.43 Å². The van der Waals surface area contributed by atoms with Gasteiger partial charge in [-0.25, -0.2) is 13.8 Å². The molecule has 0 unspecified atom stereocenters. The van der Waals surface area contributed by atoms with Gasteiger partial charge >= 0.3 is 0 Å². The van der Waals surface area contributed by atoms with Gasteiger partial charge in [0, 0.05) is 0 Å². The zero-order valence-corrected chi connectivity index (χ0v) is 18.8. The number of sulfonamides is 1. The number of halogens is 1. The smallest absolute Gasteiger partial charge is 0.260 e. The van der Waals surface area contributed by atoms with Crippen LogP contribution in [-0.2, 0) is 14.8 Å². The molecule has 1 amide bonds. The fourth-order valence-electron chi connectivity index (χ4n) is 2.63. The van der Waals surface area contributed by atoms with Crippen LogP contribution in [0.3, 0.4) is 0 Å². The Balaban J connectivity index is 2.15. The number of phenolic OH excluding ortho intramolecular Hbond substituents is 1. The summed E-state index contributed by atoms with van der Waals surface area (Å²) in [6.45, 7) is 3.27. The zero-order chi connectivity index (χ0) is 21.8. The molecule has 10 heteroatoms. The first kappa shape index (κ1) is 22.7. The van der Waals surface area contributed by atoms with Crippen LogP contribution in [0.25, 0.3) is 0 Å². The molecule has 2 aromatic carbocycles. The van der Waals surface area contributed by atoms with Gasteiger partial charge in [0.15, 0.2) is 11.5 Å². The molecule has 0 aliphatic rings. The molecule has 0 saturated heterocycles. The number of rotatable bonds is 7. The van der Waals surface area contributed by atoms with Crippen LogP contribution in [0.4, 0.5) is 5.69 Å². The number of hydrazone groups is 1. The molecule has 2 aromatic rings. The van der Waals surface area contributed by atoms with Crippen molar-refractivity contribution in [1.29, 1.82) is 0 Å². The third kappa shape index (κ3) is 5.94. The van der Waals surface area contributed by atoms with E-state index in [9.17, 15) is 18.3 Å². The van der Waals surface area contributed by atoms with Crippen LogP contribution in [0.5, 0.6) is 11.5 Å². The molecule has 2 rings (SSSR count). The lowest BCUT2D eigenvalue weighted by Gasteiger charge is -2.23.